The molecule has 1 aliphatic heterocycles. The lowest BCUT2D eigenvalue weighted by Gasteiger charge is -2.14. The summed E-state index contributed by atoms with van der Waals surface area (Å²) in [6.45, 7) is 1.52. The van der Waals surface area contributed by atoms with Crippen molar-refractivity contribution >= 4 is 41.7 Å². The van der Waals surface area contributed by atoms with Crippen molar-refractivity contribution in [3.05, 3.63) is 35.6 Å². The molecular weight excluding hydrogens is 388 g/mol. The van der Waals surface area contributed by atoms with E-state index < -0.39 is 0 Å². The van der Waals surface area contributed by atoms with Crippen LogP contribution in [-0.4, -0.2) is 30.6 Å². The first-order valence-electron chi connectivity index (χ1n) is 6.58. The Morgan fingerprint density at radius 2 is 2.30 bits per heavy atom. The van der Waals surface area contributed by atoms with Crippen molar-refractivity contribution in [1.82, 2.24) is 10.6 Å². The van der Waals surface area contributed by atoms with Crippen LogP contribution in [0.3, 0.4) is 0 Å². The molecule has 1 aromatic rings. The summed E-state index contributed by atoms with van der Waals surface area (Å²) >= 11 is 2.02. The number of thioether (sulfide) groups is 1. The highest BCUT2D eigenvalue weighted by atomic mass is 127. The van der Waals surface area contributed by atoms with Gasteiger partial charge in [0.25, 0.3) is 0 Å². The second-order valence-electron chi connectivity index (χ2n) is 4.57. The number of nitrogens with one attached hydrogen (secondary N) is 2. The van der Waals surface area contributed by atoms with Crippen molar-refractivity contribution in [2.45, 2.75) is 24.6 Å². The van der Waals surface area contributed by atoms with Gasteiger partial charge >= 0.3 is 0 Å². The number of hydrogen-bond acceptors (Lipinski definition) is 2. The highest BCUT2D eigenvalue weighted by Crippen LogP contribution is 2.25. The van der Waals surface area contributed by atoms with Crippen molar-refractivity contribution in [3.8, 4) is 0 Å². The normalized spacial score (nSPS) is 18.5. The van der Waals surface area contributed by atoms with Crippen LogP contribution in [0, 0.1) is 5.82 Å². The zero-order valence-electron chi connectivity index (χ0n) is 11.6. The lowest BCUT2D eigenvalue weighted by atomic mass is 10.2. The molecule has 2 rings (SSSR count). The highest BCUT2D eigenvalue weighted by Gasteiger charge is 2.15. The Labute approximate surface area is 141 Å². The Morgan fingerprint density at radius 3 is 2.95 bits per heavy atom. The van der Waals surface area contributed by atoms with E-state index in [-0.39, 0.29) is 29.8 Å². The average Bonchev–Trinajstić information content (AvgIpc) is 2.92. The number of rotatable bonds is 4. The third kappa shape index (κ3) is 5.87. The zero-order chi connectivity index (χ0) is 13.5. The maximum atomic E-state index is 13.0. The van der Waals surface area contributed by atoms with Gasteiger partial charge in [-0.25, -0.2) is 4.39 Å². The first kappa shape index (κ1) is 17.6. The number of benzene rings is 1. The van der Waals surface area contributed by atoms with Crippen LogP contribution in [0.15, 0.2) is 29.3 Å². The van der Waals surface area contributed by atoms with E-state index in [1.54, 1.807) is 13.1 Å². The van der Waals surface area contributed by atoms with Crippen molar-refractivity contribution in [2.24, 2.45) is 4.99 Å². The fraction of sp³-hybridized carbons (Fsp3) is 0.500. The molecule has 112 valence electrons. The van der Waals surface area contributed by atoms with Crippen LogP contribution in [0.2, 0.25) is 0 Å². The standard InChI is InChI=1S/C14H20FN3S.HI/c1-16-14(18-10-13-6-3-7-19-13)17-9-11-4-2-5-12(15)8-11;/h2,4-5,8,13H,3,6-7,9-10H2,1H3,(H2,16,17,18);1H. The van der Waals surface area contributed by atoms with E-state index in [1.165, 1.54) is 30.7 Å². The Kier molecular flexibility index (Phi) is 8.28. The summed E-state index contributed by atoms with van der Waals surface area (Å²) in [7, 11) is 1.75. The molecular formula is C14H21FIN3S. The number of halogens is 2. The van der Waals surface area contributed by atoms with Crippen LogP contribution in [0.4, 0.5) is 4.39 Å². The molecule has 0 spiro atoms. The average molecular weight is 409 g/mol. The Morgan fingerprint density at radius 1 is 1.45 bits per heavy atom. The number of hydrogen-bond donors (Lipinski definition) is 2. The van der Waals surface area contributed by atoms with Gasteiger partial charge in [-0.1, -0.05) is 12.1 Å². The molecule has 1 heterocycles. The molecule has 6 heteroatoms. The Bertz CT molecular complexity index is 436. The van der Waals surface area contributed by atoms with Crippen molar-refractivity contribution in [2.75, 3.05) is 19.3 Å². The third-order valence-electron chi connectivity index (χ3n) is 3.09. The smallest absolute Gasteiger partial charge is 0.191 e. The van der Waals surface area contributed by atoms with Crippen LogP contribution < -0.4 is 10.6 Å². The minimum Gasteiger partial charge on any atom is -0.355 e. The van der Waals surface area contributed by atoms with Crippen LogP contribution in [0.1, 0.15) is 18.4 Å². The number of nitrogens with zero attached hydrogens (tertiary/aromatic N) is 1. The second-order valence-corrected chi connectivity index (χ2v) is 5.98. The molecule has 0 saturated carbocycles. The summed E-state index contributed by atoms with van der Waals surface area (Å²) in [5, 5.41) is 7.21. The molecule has 1 aromatic carbocycles. The lowest BCUT2D eigenvalue weighted by Crippen LogP contribution is -2.39. The maximum Gasteiger partial charge on any atom is 0.191 e. The molecule has 20 heavy (non-hydrogen) atoms. The second kappa shape index (κ2) is 9.44. The topological polar surface area (TPSA) is 36.4 Å². The quantitative estimate of drug-likeness (QED) is 0.456. The fourth-order valence-corrected chi connectivity index (χ4v) is 3.27. The molecule has 0 aromatic heterocycles. The largest absolute Gasteiger partial charge is 0.355 e. The molecule has 0 aliphatic carbocycles. The summed E-state index contributed by atoms with van der Waals surface area (Å²) in [5.74, 6) is 1.84. The van der Waals surface area contributed by atoms with Gasteiger partial charge in [-0.05, 0) is 36.3 Å². The minimum absolute atomic E-state index is 0. The number of guanidine groups is 1. The first-order valence-corrected chi connectivity index (χ1v) is 7.63. The minimum atomic E-state index is -0.204. The predicted octanol–water partition coefficient (Wildman–Crippen LogP) is 3.00. The van der Waals surface area contributed by atoms with Gasteiger partial charge in [0, 0.05) is 25.4 Å². The van der Waals surface area contributed by atoms with E-state index in [1.807, 2.05) is 17.8 Å². The van der Waals surface area contributed by atoms with Crippen LogP contribution in [0.25, 0.3) is 0 Å². The van der Waals surface area contributed by atoms with Gasteiger partial charge in [0.1, 0.15) is 5.82 Å². The summed E-state index contributed by atoms with van der Waals surface area (Å²) in [4.78, 5) is 4.18. The van der Waals surface area contributed by atoms with Crippen LogP contribution >= 0.6 is 35.7 Å². The van der Waals surface area contributed by atoms with E-state index in [0.717, 1.165) is 18.1 Å². The predicted molar refractivity (Wildman–Crippen MR) is 95.5 cm³/mol. The molecule has 0 radical (unpaired) electrons. The molecule has 2 N–H and O–H groups in total. The molecule has 3 nitrogen and oxygen atoms in total. The van der Waals surface area contributed by atoms with Gasteiger partial charge < -0.3 is 10.6 Å². The van der Waals surface area contributed by atoms with E-state index in [4.69, 9.17) is 0 Å². The molecule has 1 atom stereocenters. The molecule has 1 saturated heterocycles. The Hall–Kier alpha value is -0.500. The van der Waals surface area contributed by atoms with Gasteiger partial charge in [-0.3, -0.25) is 4.99 Å². The van der Waals surface area contributed by atoms with Crippen LogP contribution in [-0.2, 0) is 6.54 Å². The third-order valence-corrected chi connectivity index (χ3v) is 4.49. The van der Waals surface area contributed by atoms with Gasteiger partial charge in [0.15, 0.2) is 5.96 Å². The van der Waals surface area contributed by atoms with Gasteiger partial charge in [0.05, 0.1) is 0 Å². The Balaban J connectivity index is 0.00000200. The van der Waals surface area contributed by atoms with E-state index in [9.17, 15) is 4.39 Å². The monoisotopic (exact) mass is 409 g/mol. The fourth-order valence-electron chi connectivity index (χ4n) is 2.07. The first-order chi connectivity index (χ1) is 9.28. The van der Waals surface area contributed by atoms with Crippen molar-refractivity contribution in [1.29, 1.82) is 0 Å². The van der Waals surface area contributed by atoms with Crippen molar-refractivity contribution in [3.63, 3.8) is 0 Å². The summed E-state index contributed by atoms with van der Waals surface area (Å²) in [5.41, 5.74) is 0.915. The van der Waals surface area contributed by atoms with E-state index >= 15 is 0 Å². The van der Waals surface area contributed by atoms with E-state index in [2.05, 4.69) is 15.6 Å². The van der Waals surface area contributed by atoms with Gasteiger partial charge in [-0.15, -0.1) is 24.0 Å². The van der Waals surface area contributed by atoms with Crippen LogP contribution in [0.5, 0.6) is 0 Å². The maximum absolute atomic E-state index is 13.0. The molecule has 0 bridgehead atoms. The number of aliphatic imine (C=N–C) groups is 1. The summed E-state index contributed by atoms with van der Waals surface area (Å²) in [6.07, 6.45) is 2.59. The summed E-state index contributed by atoms with van der Waals surface area (Å²) in [6, 6.07) is 6.61. The zero-order valence-corrected chi connectivity index (χ0v) is 14.7. The molecule has 1 aliphatic rings. The highest BCUT2D eigenvalue weighted by molar-refractivity contribution is 14.0. The van der Waals surface area contributed by atoms with Gasteiger partial charge in [-0.2, -0.15) is 11.8 Å². The summed E-state index contributed by atoms with van der Waals surface area (Å²) < 4.78 is 13.0. The van der Waals surface area contributed by atoms with E-state index in [0.29, 0.717) is 11.8 Å². The van der Waals surface area contributed by atoms with Gasteiger partial charge in [0.2, 0.25) is 0 Å². The van der Waals surface area contributed by atoms with Crippen molar-refractivity contribution < 1.29 is 4.39 Å². The molecule has 1 unspecified atom stereocenters. The molecule has 0 amide bonds. The SMILES string of the molecule is CN=C(NCc1cccc(F)c1)NCC1CCCS1.I. The molecule has 1 fully saturated rings. The lowest BCUT2D eigenvalue weighted by molar-refractivity contribution is 0.624.